The number of aliphatic hydroxyl groups is 1. The van der Waals surface area contributed by atoms with Crippen molar-refractivity contribution in [2.75, 3.05) is 6.61 Å². The van der Waals surface area contributed by atoms with Crippen LogP contribution >= 0.6 is 27.5 Å². The number of aliphatic hydroxyl groups excluding tert-OH is 1. The molecule has 5 heteroatoms. The Labute approximate surface area is 137 Å². The topological polar surface area (TPSA) is 49.3 Å². The zero-order chi connectivity index (χ0) is 15.2. The number of carbonyl (C=O) groups is 1. The van der Waals surface area contributed by atoms with Gasteiger partial charge in [-0.05, 0) is 30.2 Å². The Morgan fingerprint density at radius 3 is 2.62 bits per heavy atom. The molecule has 0 aliphatic heterocycles. The van der Waals surface area contributed by atoms with Crippen LogP contribution in [0.15, 0.2) is 53.0 Å². The molecular formula is C16H15BrClNO2. The summed E-state index contributed by atoms with van der Waals surface area (Å²) in [6, 6.07) is 14.4. The van der Waals surface area contributed by atoms with Gasteiger partial charge in [-0.3, -0.25) is 4.79 Å². The van der Waals surface area contributed by atoms with Crippen LogP contribution in [0.2, 0.25) is 5.02 Å². The SMILES string of the molecule is O=C(N[C@@H](CO)Cc1ccccc1)c1cc(Br)ccc1Cl. The molecule has 0 aromatic heterocycles. The van der Waals surface area contributed by atoms with Gasteiger partial charge in [0.25, 0.3) is 5.91 Å². The second-order valence-electron chi connectivity index (χ2n) is 4.67. The summed E-state index contributed by atoms with van der Waals surface area (Å²) in [5.41, 5.74) is 1.44. The third-order valence-corrected chi connectivity index (χ3v) is 3.88. The van der Waals surface area contributed by atoms with Crippen LogP contribution in [0.4, 0.5) is 0 Å². The lowest BCUT2D eigenvalue weighted by molar-refractivity contribution is 0.0916. The molecule has 0 saturated heterocycles. The highest BCUT2D eigenvalue weighted by Gasteiger charge is 2.16. The Balaban J connectivity index is 2.07. The van der Waals surface area contributed by atoms with Gasteiger partial charge in [0, 0.05) is 4.47 Å². The number of carbonyl (C=O) groups excluding carboxylic acids is 1. The Bertz CT molecular complexity index is 619. The number of halogens is 2. The first-order valence-electron chi connectivity index (χ1n) is 6.51. The summed E-state index contributed by atoms with van der Waals surface area (Å²) >= 11 is 9.35. The van der Waals surface area contributed by atoms with E-state index in [0.29, 0.717) is 17.0 Å². The van der Waals surface area contributed by atoms with E-state index in [4.69, 9.17) is 11.6 Å². The van der Waals surface area contributed by atoms with Crippen molar-refractivity contribution in [1.82, 2.24) is 5.32 Å². The van der Waals surface area contributed by atoms with Crippen molar-refractivity contribution in [2.45, 2.75) is 12.5 Å². The predicted octanol–water partition coefficient (Wildman–Crippen LogP) is 3.44. The summed E-state index contributed by atoms with van der Waals surface area (Å²) in [6.07, 6.45) is 0.564. The van der Waals surface area contributed by atoms with Crippen LogP contribution < -0.4 is 5.32 Å². The molecule has 21 heavy (non-hydrogen) atoms. The minimum Gasteiger partial charge on any atom is -0.394 e. The molecule has 1 atom stereocenters. The van der Waals surface area contributed by atoms with E-state index in [1.165, 1.54) is 0 Å². The summed E-state index contributed by atoms with van der Waals surface area (Å²) in [7, 11) is 0. The molecule has 0 fully saturated rings. The molecule has 0 saturated carbocycles. The first kappa shape index (κ1) is 16.0. The van der Waals surface area contributed by atoms with Crippen LogP contribution in [0, 0.1) is 0 Å². The molecule has 2 aromatic carbocycles. The largest absolute Gasteiger partial charge is 0.394 e. The normalized spacial score (nSPS) is 12.0. The molecule has 2 aromatic rings. The highest BCUT2D eigenvalue weighted by molar-refractivity contribution is 9.10. The molecule has 3 nitrogen and oxygen atoms in total. The molecular weight excluding hydrogens is 354 g/mol. The smallest absolute Gasteiger partial charge is 0.253 e. The van der Waals surface area contributed by atoms with Gasteiger partial charge in [0.15, 0.2) is 0 Å². The van der Waals surface area contributed by atoms with E-state index >= 15 is 0 Å². The highest BCUT2D eigenvalue weighted by atomic mass is 79.9. The van der Waals surface area contributed by atoms with E-state index in [0.717, 1.165) is 10.0 Å². The summed E-state index contributed by atoms with van der Waals surface area (Å²) in [5.74, 6) is -0.295. The Morgan fingerprint density at radius 2 is 1.95 bits per heavy atom. The van der Waals surface area contributed by atoms with Gasteiger partial charge in [-0.25, -0.2) is 0 Å². The van der Waals surface area contributed by atoms with E-state index in [1.54, 1.807) is 18.2 Å². The van der Waals surface area contributed by atoms with Gasteiger partial charge >= 0.3 is 0 Å². The molecule has 0 heterocycles. The van der Waals surface area contributed by atoms with Crippen molar-refractivity contribution in [3.63, 3.8) is 0 Å². The minimum atomic E-state index is -0.352. The lowest BCUT2D eigenvalue weighted by atomic mass is 10.1. The third-order valence-electron chi connectivity index (χ3n) is 3.05. The minimum absolute atomic E-state index is 0.133. The summed E-state index contributed by atoms with van der Waals surface area (Å²) in [5, 5.41) is 12.6. The fraction of sp³-hybridized carbons (Fsp3) is 0.188. The highest BCUT2D eigenvalue weighted by Crippen LogP contribution is 2.21. The Hall–Kier alpha value is -1.36. The van der Waals surface area contributed by atoms with Crippen LogP contribution in [0.1, 0.15) is 15.9 Å². The number of hydrogen-bond donors (Lipinski definition) is 2. The average molecular weight is 369 g/mol. The second kappa shape index (κ2) is 7.59. The van der Waals surface area contributed by atoms with Crippen LogP contribution in [0.3, 0.4) is 0 Å². The van der Waals surface area contributed by atoms with Gasteiger partial charge < -0.3 is 10.4 Å². The number of rotatable bonds is 5. The molecule has 0 radical (unpaired) electrons. The van der Waals surface area contributed by atoms with E-state index in [1.807, 2.05) is 30.3 Å². The van der Waals surface area contributed by atoms with Crippen molar-refractivity contribution in [3.05, 3.63) is 69.2 Å². The number of benzene rings is 2. The van der Waals surface area contributed by atoms with E-state index in [2.05, 4.69) is 21.2 Å². The van der Waals surface area contributed by atoms with Crippen LogP contribution in [-0.2, 0) is 6.42 Å². The predicted molar refractivity (Wildman–Crippen MR) is 87.6 cm³/mol. The molecule has 2 N–H and O–H groups in total. The quantitative estimate of drug-likeness (QED) is 0.849. The standard InChI is InChI=1S/C16H15BrClNO2/c17-12-6-7-15(18)14(9-12)16(21)19-13(10-20)8-11-4-2-1-3-5-11/h1-7,9,13,20H,8,10H2,(H,19,21)/t13-/m1/s1. The van der Waals surface area contributed by atoms with Gasteiger partial charge in [0.05, 0.1) is 23.2 Å². The van der Waals surface area contributed by atoms with Crippen LogP contribution in [-0.4, -0.2) is 23.7 Å². The van der Waals surface area contributed by atoms with E-state index < -0.39 is 0 Å². The first-order chi connectivity index (χ1) is 10.1. The molecule has 2 rings (SSSR count). The summed E-state index contributed by atoms with van der Waals surface area (Å²) in [4.78, 5) is 12.2. The first-order valence-corrected chi connectivity index (χ1v) is 7.68. The fourth-order valence-corrected chi connectivity index (χ4v) is 2.56. The molecule has 1 amide bonds. The van der Waals surface area contributed by atoms with Crippen molar-refractivity contribution >= 4 is 33.4 Å². The number of nitrogens with one attached hydrogen (secondary N) is 1. The molecule has 0 bridgehead atoms. The van der Waals surface area contributed by atoms with Gasteiger partial charge in [-0.1, -0.05) is 57.9 Å². The molecule has 0 unspecified atom stereocenters. The maximum Gasteiger partial charge on any atom is 0.253 e. The van der Waals surface area contributed by atoms with E-state index in [-0.39, 0.29) is 18.6 Å². The van der Waals surface area contributed by atoms with Gasteiger partial charge in [-0.15, -0.1) is 0 Å². The zero-order valence-electron chi connectivity index (χ0n) is 11.2. The molecule has 0 spiro atoms. The monoisotopic (exact) mass is 367 g/mol. The molecule has 0 aliphatic rings. The van der Waals surface area contributed by atoms with Gasteiger partial charge in [0.1, 0.15) is 0 Å². The van der Waals surface area contributed by atoms with Gasteiger partial charge in [0.2, 0.25) is 0 Å². The van der Waals surface area contributed by atoms with Crippen molar-refractivity contribution < 1.29 is 9.90 Å². The summed E-state index contributed by atoms with van der Waals surface area (Å²) in [6.45, 7) is -0.133. The average Bonchev–Trinajstić information content (AvgIpc) is 2.50. The van der Waals surface area contributed by atoms with Crippen molar-refractivity contribution in [2.24, 2.45) is 0 Å². The molecule has 0 aliphatic carbocycles. The second-order valence-corrected chi connectivity index (χ2v) is 5.99. The lowest BCUT2D eigenvalue weighted by Gasteiger charge is -2.17. The fourth-order valence-electron chi connectivity index (χ4n) is 1.99. The zero-order valence-corrected chi connectivity index (χ0v) is 13.6. The van der Waals surface area contributed by atoms with Crippen LogP contribution in [0.5, 0.6) is 0 Å². The van der Waals surface area contributed by atoms with Crippen molar-refractivity contribution in [1.29, 1.82) is 0 Å². The number of hydrogen-bond acceptors (Lipinski definition) is 2. The van der Waals surface area contributed by atoms with E-state index in [9.17, 15) is 9.90 Å². The third kappa shape index (κ3) is 4.56. The maximum absolute atomic E-state index is 12.2. The number of amides is 1. The van der Waals surface area contributed by atoms with Crippen LogP contribution in [0.25, 0.3) is 0 Å². The molecule has 110 valence electrons. The maximum atomic E-state index is 12.2. The summed E-state index contributed by atoms with van der Waals surface area (Å²) < 4.78 is 0.778. The Kier molecular flexibility index (Phi) is 5.79. The van der Waals surface area contributed by atoms with Gasteiger partial charge in [-0.2, -0.15) is 0 Å². The lowest BCUT2D eigenvalue weighted by Crippen LogP contribution is -2.39. The van der Waals surface area contributed by atoms with Crippen molar-refractivity contribution in [3.8, 4) is 0 Å². The Morgan fingerprint density at radius 1 is 1.24 bits per heavy atom.